The summed E-state index contributed by atoms with van der Waals surface area (Å²) in [6, 6.07) is 6.41. The number of nitrogens with zero attached hydrogens (tertiary/aromatic N) is 1. The van der Waals surface area contributed by atoms with Crippen LogP contribution in [-0.2, 0) is 0 Å². The Morgan fingerprint density at radius 2 is 2.23 bits per heavy atom. The van der Waals surface area contributed by atoms with Gasteiger partial charge in [-0.15, -0.1) is 0 Å². The molecule has 0 radical (unpaired) electrons. The fourth-order valence-corrected chi connectivity index (χ4v) is 1.60. The molecule has 1 aromatic carbocycles. The molecular weight excluding hydrogens is 167 g/mol. The van der Waals surface area contributed by atoms with E-state index in [1.807, 2.05) is 11.0 Å². The average molecular weight is 178 g/mol. The molecule has 2 nitrogen and oxygen atoms in total. The van der Waals surface area contributed by atoms with Crippen LogP contribution in [0.25, 0.3) is 0 Å². The first-order valence-corrected chi connectivity index (χ1v) is 4.38. The SMILES string of the molecule is N=C1CCCN1c1cccc(F)c1. The number of amidine groups is 1. The number of anilines is 1. The predicted octanol–water partition coefficient (Wildman–Crippen LogP) is 2.40. The smallest absolute Gasteiger partial charge is 0.125 e. The number of rotatable bonds is 1. The van der Waals surface area contributed by atoms with E-state index in [1.54, 1.807) is 6.07 Å². The molecule has 1 heterocycles. The number of hydrogen-bond acceptors (Lipinski definition) is 1. The van der Waals surface area contributed by atoms with E-state index >= 15 is 0 Å². The van der Waals surface area contributed by atoms with Gasteiger partial charge < -0.3 is 4.90 Å². The van der Waals surface area contributed by atoms with E-state index in [9.17, 15) is 4.39 Å². The summed E-state index contributed by atoms with van der Waals surface area (Å²) in [7, 11) is 0. The van der Waals surface area contributed by atoms with Crippen LogP contribution in [0.3, 0.4) is 0 Å². The van der Waals surface area contributed by atoms with Crippen LogP contribution in [0.5, 0.6) is 0 Å². The highest BCUT2D eigenvalue weighted by atomic mass is 19.1. The van der Waals surface area contributed by atoms with Gasteiger partial charge >= 0.3 is 0 Å². The highest BCUT2D eigenvalue weighted by Gasteiger charge is 2.18. The summed E-state index contributed by atoms with van der Waals surface area (Å²) in [4.78, 5) is 1.85. The summed E-state index contributed by atoms with van der Waals surface area (Å²) in [5.41, 5.74) is 0.794. The lowest BCUT2D eigenvalue weighted by molar-refractivity contribution is 0.628. The molecule has 68 valence electrons. The summed E-state index contributed by atoms with van der Waals surface area (Å²) < 4.78 is 12.9. The first-order chi connectivity index (χ1) is 6.27. The lowest BCUT2D eigenvalue weighted by Crippen LogP contribution is -2.22. The molecular formula is C10H11FN2. The molecule has 1 N–H and O–H groups in total. The number of benzene rings is 1. The Bertz CT molecular complexity index is 335. The molecule has 0 spiro atoms. The third-order valence-electron chi connectivity index (χ3n) is 2.24. The Balaban J connectivity index is 2.29. The van der Waals surface area contributed by atoms with Crippen molar-refractivity contribution in [3.8, 4) is 0 Å². The number of hydrogen-bond donors (Lipinski definition) is 1. The van der Waals surface area contributed by atoms with Gasteiger partial charge in [-0.3, -0.25) is 5.41 Å². The Kier molecular flexibility index (Phi) is 2.00. The molecule has 0 unspecified atom stereocenters. The van der Waals surface area contributed by atoms with Gasteiger partial charge in [0.1, 0.15) is 11.7 Å². The topological polar surface area (TPSA) is 27.1 Å². The van der Waals surface area contributed by atoms with E-state index in [-0.39, 0.29) is 5.82 Å². The number of halogens is 1. The normalized spacial score (nSPS) is 16.7. The van der Waals surface area contributed by atoms with Crippen molar-refractivity contribution in [2.75, 3.05) is 11.4 Å². The second-order valence-corrected chi connectivity index (χ2v) is 3.18. The maximum absolute atomic E-state index is 12.9. The van der Waals surface area contributed by atoms with Gasteiger partial charge in [0.15, 0.2) is 0 Å². The highest BCUT2D eigenvalue weighted by Crippen LogP contribution is 2.21. The molecule has 0 aromatic heterocycles. The summed E-state index contributed by atoms with van der Waals surface area (Å²) in [6.07, 6.45) is 1.80. The molecule has 13 heavy (non-hydrogen) atoms. The van der Waals surface area contributed by atoms with Crippen LogP contribution < -0.4 is 4.90 Å². The van der Waals surface area contributed by atoms with Gasteiger partial charge in [-0.1, -0.05) is 6.07 Å². The molecule has 0 aliphatic carbocycles. The van der Waals surface area contributed by atoms with Gasteiger partial charge in [0.05, 0.1) is 0 Å². The van der Waals surface area contributed by atoms with E-state index in [2.05, 4.69) is 0 Å². The molecule has 1 aliphatic rings. The van der Waals surface area contributed by atoms with Crippen molar-refractivity contribution in [3.63, 3.8) is 0 Å². The van der Waals surface area contributed by atoms with Gasteiger partial charge in [0.2, 0.25) is 0 Å². The third-order valence-corrected chi connectivity index (χ3v) is 2.24. The molecule has 1 aromatic rings. The van der Waals surface area contributed by atoms with Gasteiger partial charge in [-0.25, -0.2) is 4.39 Å². The van der Waals surface area contributed by atoms with Crippen molar-refractivity contribution in [1.29, 1.82) is 5.41 Å². The van der Waals surface area contributed by atoms with Gasteiger partial charge in [-0.05, 0) is 24.6 Å². The lowest BCUT2D eigenvalue weighted by atomic mass is 10.3. The average Bonchev–Trinajstić information content (AvgIpc) is 2.51. The highest BCUT2D eigenvalue weighted by molar-refractivity contribution is 5.97. The third kappa shape index (κ3) is 1.54. The second-order valence-electron chi connectivity index (χ2n) is 3.18. The van der Waals surface area contributed by atoms with E-state index in [0.717, 1.165) is 25.1 Å². The molecule has 0 atom stereocenters. The molecule has 1 aliphatic heterocycles. The lowest BCUT2D eigenvalue weighted by Gasteiger charge is -2.17. The Labute approximate surface area is 76.5 Å². The zero-order chi connectivity index (χ0) is 9.26. The summed E-state index contributed by atoms with van der Waals surface area (Å²) >= 11 is 0. The van der Waals surface area contributed by atoms with E-state index in [1.165, 1.54) is 12.1 Å². The molecule has 0 saturated carbocycles. The van der Waals surface area contributed by atoms with Crippen molar-refractivity contribution >= 4 is 11.5 Å². The van der Waals surface area contributed by atoms with Crippen LogP contribution in [-0.4, -0.2) is 12.4 Å². The van der Waals surface area contributed by atoms with Crippen LogP contribution in [0.1, 0.15) is 12.8 Å². The summed E-state index contributed by atoms with van der Waals surface area (Å²) in [5.74, 6) is 0.350. The van der Waals surface area contributed by atoms with E-state index in [4.69, 9.17) is 5.41 Å². The fourth-order valence-electron chi connectivity index (χ4n) is 1.60. The van der Waals surface area contributed by atoms with Crippen molar-refractivity contribution in [3.05, 3.63) is 30.1 Å². The number of nitrogens with one attached hydrogen (secondary N) is 1. The van der Waals surface area contributed by atoms with Crippen LogP contribution in [0.2, 0.25) is 0 Å². The fraction of sp³-hybridized carbons (Fsp3) is 0.300. The zero-order valence-corrected chi connectivity index (χ0v) is 7.26. The monoisotopic (exact) mass is 178 g/mol. The minimum absolute atomic E-state index is 0.239. The van der Waals surface area contributed by atoms with E-state index < -0.39 is 0 Å². The quantitative estimate of drug-likeness (QED) is 0.702. The Morgan fingerprint density at radius 1 is 1.38 bits per heavy atom. The molecule has 1 fully saturated rings. The first-order valence-electron chi connectivity index (χ1n) is 4.38. The minimum atomic E-state index is -0.239. The van der Waals surface area contributed by atoms with Crippen molar-refractivity contribution < 1.29 is 4.39 Å². The van der Waals surface area contributed by atoms with Gasteiger partial charge in [0, 0.05) is 18.7 Å². The Hall–Kier alpha value is -1.38. The molecule has 0 bridgehead atoms. The Morgan fingerprint density at radius 3 is 2.85 bits per heavy atom. The van der Waals surface area contributed by atoms with Crippen LogP contribution in [0.4, 0.5) is 10.1 Å². The second kappa shape index (κ2) is 3.17. The predicted molar refractivity (Wildman–Crippen MR) is 50.7 cm³/mol. The van der Waals surface area contributed by atoms with E-state index in [0.29, 0.717) is 5.84 Å². The molecule has 1 saturated heterocycles. The zero-order valence-electron chi connectivity index (χ0n) is 7.26. The van der Waals surface area contributed by atoms with Crippen LogP contribution in [0, 0.1) is 11.2 Å². The summed E-state index contributed by atoms with van der Waals surface area (Å²) in [5, 5.41) is 7.62. The van der Waals surface area contributed by atoms with Crippen molar-refractivity contribution in [2.45, 2.75) is 12.8 Å². The van der Waals surface area contributed by atoms with Crippen molar-refractivity contribution in [2.24, 2.45) is 0 Å². The minimum Gasteiger partial charge on any atom is -0.330 e. The van der Waals surface area contributed by atoms with Gasteiger partial charge in [-0.2, -0.15) is 0 Å². The van der Waals surface area contributed by atoms with Crippen LogP contribution in [0.15, 0.2) is 24.3 Å². The maximum atomic E-state index is 12.9. The van der Waals surface area contributed by atoms with Crippen LogP contribution >= 0.6 is 0 Å². The first kappa shape index (κ1) is 8.23. The van der Waals surface area contributed by atoms with Gasteiger partial charge in [0.25, 0.3) is 0 Å². The molecule has 3 heteroatoms. The standard InChI is InChI=1S/C10H11FN2/c11-8-3-1-4-9(7-8)13-6-2-5-10(13)12/h1,3-4,7,12H,2,5-6H2. The summed E-state index contributed by atoms with van der Waals surface area (Å²) in [6.45, 7) is 0.836. The van der Waals surface area contributed by atoms with Crippen molar-refractivity contribution in [1.82, 2.24) is 0 Å². The largest absolute Gasteiger partial charge is 0.330 e. The molecule has 2 rings (SSSR count). The molecule has 0 amide bonds. The maximum Gasteiger partial charge on any atom is 0.125 e.